The number of nitrogens with one attached hydrogen (secondary N) is 1. The van der Waals surface area contributed by atoms with Gasteiger partial charge < -0.3 is 4.57 Å². The molecule has 1 saturated carbocycles. The van der Waals surface area contributed by atoms with Gasteiger partial charge in [-0.05, 0) is 37.9 Å². The largest absolute Gasteiger partial charge is 0.301 e. The third-order valence-electron chi connectivity index (χ3n) is 3.55. The number of aromatic amines is 1. The molecule has 2 rings (SSSR count). The fourth-order valence-electron chi connectivity index (χ4n) is 2.47. The van der Waals surface area contributed by atoms with Gasteiger partial charge in [0.2, 0.25) is 0 Å². The van der Waals surface area contributed by atoms with E-state index in [9.17, 15) is 0 Å². The van der Waals surface area contributed by atoms with Gasteiger partial charge in [0.25, 0.3) is 0 Å². The SMILES string of the molecule is CCCCC(CCC)n1c(C2CC2)n[nH]c1=S. The zero-order valence-corrected chi connectivity index (χ0v) is 11.7. The number of unbranched alkanes of at least 4 members (excludes halogenated alkanes) is 1. The minimum atomic E-state index is 0.557. The van der Waals surface area contributed by atoms with E-state index in [1.807, 2.05) is 0 Å². The van der Waals surface area contributed by atoms with E-state index in [-0.39, 0.29) is 0 Å². The first-order valence-electron chi connectivity index (χ1n) is 6.94. The summed E-state index contributed by atoms with van der Waals surface area (Å²) in [5, 5.41) is 7.42. The highest BCUT2D eigenvalue weighted by molar-refractivity contribution is 7.71. The van der Waals surface area contributed by atoms with E-state index >= 15 is 0 Å². The summed E-state index contributed by atoms with van der Waals surface area (Å²) in [7, 11) is 0. The number of H-pyrrole nitrogens is 1. The molecule has 1 atom stereocenters. The van der Waals surface area contributed by atoms with E-state index in [2.05, 4.69) is 28.6 Å². The molecule has 0 bridgehead atoms. The maximum atomic E-state index is 5.41. The van der Waals surface area contributed by atoms with Crippen molar-refractivity contribution in [1.82, 2.24) is 14.8 Å². The van der Waals surface area contributed by atoms with Gasteiger partial charge in [0.1, 0.15) is 5.82 Å². The smallest absolute Gasteiger partial charge is 0.195 e. The Bertz CT molecular complexity index is 403. The molecule has 0 radical (unpaired) electrons. The Kier molecular flexibility index (Phi) is 4.37. The van der Waals surface area contributed by atoms with E-state index < -0.39 is 0 Å². The zero-order valence-electron chi connectivity index (χ0n) is 10.9. The van der Waals surface area contributed by atoms with Crippen LogP contribution in [0.3, 0.4) is 0 Å². The van der Waals surface area contributed by atoms with Crippen LogP contribution in [0.1, 0.15) is 76.6 Å². The monoisotopic (exact) mass is 253 g/mol. The predicted octanol–water partition coefficient (Wildman–Crippen LogP) is 4.35. The van der Waals surface area contributed by atoms with Gasteiger partial charge in [-0.2, -0.15) is 5.10 Å². The van der Waals surface area contributed by atoms with Crippen LogP contribution in [-0.4, -0.2) is 14.8 Å². The van der Waals surface area contributed by atoms with Crippen molar-refractivity contribution in [2.45, 2.75) is 70.8 Å². The lowest BCUT2D eigenvalue weighted by atomic mass is 10.0. The van der Waals surface area contributed by atoms with Gasteiger partial charge in [-0.15, -0.1) is 0 Å². The van der Waals surface area contributed by atoms with E-state index in [0.29, 0.717) is 12.0 Å². The average Bonchev–Trinajstić information content (AvgIpc) is 3.09. The molecule has 96 valence electrons. The predicted molar refractivity (Wildman–Crippen MR) is 72.9 cm³/mol. The van der Waals surface area contributed by atoms with Crippen LogP contribution >= 0.6 is 12.2 Å². The molecular formula is C13H23N3S. The van der Waals surface area contributed by atoms with E-state index in [1.165, 1.54) is 50.8 Å². The molecule has 1 fully saturated rings. The van der Waals surface area contributed by atoms with Crippen LogP contribution in [0.15, 0.2) is 0 Å². The second kappa shape index (κ2) is 5.80. The number of nitrogens with zero attached hydrogens (tertiary/aromatic N) is 2. The molecule has 1 N–H and O–H groups in total. The second-order valence-corrected chi connectivity index (χ2v) is 5.50. The average molecular weight is 253 g/mol. The normalized spacial score (nSPS) is 17.3. The zero-order chi connectivity index (χ0) is 12.3. The highest BCUT2D eigenvalue weighted by Gasteiger charge is 2.30. The Labute approximate surface area is 109 Å². The first kappa shape index (κ1) is 12.8. The number of hydrogen-bond donors (Lipinski definition) is 1. The number of rotatable bonds is 7. The molecule has 1 aliphatic carbocycles. The summed E-state index contributed by atoms with van der Waals surface area (Å²) in [5.41, 5.74) is 0. The molecule has 1 aliphatic rings. The molecular weight excluding hydrogens is 230 g/mol. The summed E-state index contributed by atoms with van der Waals surface area (Å²) in [6, 6.07) is 0.557. The molecule has 0 spiro atoms. The molecule has 1 heterocycles. The molecule has 4 heteroatoms. The van der Waals surface area contributed by atoms with Crippen molar-refractivity contribution in [3.05, 3.63) is 10.6 Å². The van der Waals surface area contributed by atoms with Gasteiger partial charge >= 0.3 is 0 Å². The molecule has 0 aromatic carbocycles. The van der Waals surface area contributed by atoms with E-state index in [4.69, 9.17) is 12.2 Å². The molecule has 1 unspecified atom stereocenters. The third kappa shape index (κ3) is 2.97. The van der Waals surface area contributed by atoms with Gasteiger partial charge in [-0.3, -0.25) is 5.10 Å². The van der Waals surface area contributed by atoms with Crippen molar-refractivity contribution in [3.63, 3.8) is 0 Å². The first-order chi connectivity index (χ1) is 8.27. The fourth-order valence-corrected chi connectivity index (χ4v) is 2.76. The van der Waals surface area contributed by atoms with Crippen LogP contribution in [0.4, 0.5) is 0 Å². The maximum absolute atomic E-state index is 5.41. The van der Waals surface area contributed by atoms with Crippen molar-refractivity contribution in [3.8, 4) is 0 Å². The first-order valence-corrected chi connectivity index (χ1v) is 7.35. The Balaban J connectivity index is 2.20. The van der Waals surface area contributed by atoms with Gasteiger partial charge in [0.05, 0.1) is 0 Å². The summed E-state index contributed by atoms with van der Waals surface area (Å²) >= 11 is 5.41. The molecule has 1 aromatic heterocycles. The Morgan fingerprint density at radius 2 is 2.12 bits per heavy atom. The minimum absolute atomic E-state index is 0.557. The Hall–Kier alpha value is -0.640. The summed E-state index contributed by atoms with van der Waals surface area (Å²) in [4.78, 5) is 0. The number of aromatic nitrogens is 3. The minimum Gasteiger partial charge on any atom is -0.301 e. The maximum Gasteiger partial charge on any atom is 0.195 e. The lowest BCUT2D eigenvalue weighted by molar-refractivity contribution is 0.402. The van der Waals surface area contributed by atoms with Gasteiger partial charge in [0, 0.05) is 12.0 Å². The van der Waals surface area contributed by atoms with Crippen molar-refractivity contribution in [1.29, 1.82) is 0 Å². The van der Waals surface area contributed by atoms with Crippen LogP contribution in [-0.2, 0) is 0 Å². The van der Waals surface area contributed by atoms with Gasteiger partial charge in [0.15, 0.2) is 4.77 Å². The topological polar surface area (TPSA) is 33.6 Å². The van der Waals surface area contributed by atoms with Gasteiger partial charge in [-0.1, -0.05) is 33.1 Å². The summed E-state index contributed by atoms with van der Waals surface area (Å²) < 4.78 is 3.13. The van der Waals surface area contributed by atoms with Crippen LogP contribution in [0.5, 0.6) is 0 Å². The number of hydrogen-bond acceptors (Lipinski definition) is 2. The van der Waals surface area contributed by atoms with Crippen molar-refractivity contribution in [2.75, 3.05) is 0 Å². The van der Waals surface area contributed by atoms with Crippen molar-refractivity contribution < 1.29 is 0 Å². The van der Waals surface area contributed by atoms with Crippen molar-refractivity contribution >= 4 is 12.2 Å². The third-order valence-corrected chi connectivity index (χ3v) is 3.84. The molecule has 0 saturated heterocycles. The van der Waals surface area contributed by atoms with Crippen LogP contribution in [0, 0.1) is 4.77 Å². The molecule has 17 heavy (non-hydrogen) atoms. The highest BCUT2D eigenvalue weighted by Crippen LogP contribution is 2.40. The summed E-state index contributed by atoms with van der Waals surface area (Å²) in [5.74, 6) is 1.88. The second-order valence-electron chi connectivity index (χ2n) is 5.12. The van der Waals surface area contributed by atoms with Crippen LogP contribution in [0.2, 0.25) is 0 Å². The quantitative estimate of drug-likeness (QED) is 0.733. The van der Waals surface area contributed by atoms with Gasteiger partial charge in [-0.25, -0.2) is 0 Å². The molecule has 0 aliphatic heterocycles. The van der Waals surface area contributed by atoms with Crippen LogP contribution in [0.25, 0.3) is 0 Å². The van der Waals surface area contributed by atoms with E-state index in [1.54, 1.807) is 0 Å². The van der Waals surface area contributed by atoms with E-state index in [0.717, 1.165) is 4.77 Å². The van der Waals surface area contributed by atoms with Crippen LogP contribution < -0.4 is 0 Å². The summed E-state index contributed by atoms with van der Waals surface area (Å²) in [6.07, 6.45) is 8.77. The van der Waals surface area contributed by atoms with Crippen molar-refractivity contribution in [2.24, 2.45) is 0 Å². The lowest BCUT2D eigenvalue weighted by Gasteiger charge is -2.19. The molecule has 3 nitrogen and oxygen atoms in total. The molecule has 0 amide bonds. The fraction of sp³-hybridized carbons (Fsp3) is 0.846. The highest BCUT2D eigenvalue weighted by atomic mass is 32.1. The Morgan fingerprint density at radius 3 is 2.71 bits per heavy atom. The Morgan fingerprint density at radius 1 is 1.35 bits per heavy atom. The lowest BCUT2D eigenvalue weighted by Crippen LogP contribution is -2.12. The standard InChI is InChI=1S/C13H23N3S/c1-3-5-7-11(6-4-2)16-12(10-8-9-10)14-15-13(16)17/h10-11H,3-9H2,1-2H3,(H,15,17). The molecule has 1 aromatic rings. The summed E-state index contributed by atoms with van der Waals surface area (Å²) in [6.45, 7) is 4.50.